The molecule has 4 heteroatoms. The van der Waals surface area contributed by atoms with Crippen molar-refractivity contribution in [2.45, 2.75) is 24.8 Å². The van der Waals surface area contributed by atoms with Gasteiger partial charge in [-0.3, -0.25) is 0 Å². The van der Waals surface area contributed by atoms with E-state index < -0.39 is 0 Å². The molecule has 12 heavy (non-hydrogen) atoms. The van der Waals surface area contributed by atoms with E-state index in [0.717, 1.165) is 32.5 Å². The molecule has 2 rings (SSSR count). The van der Waals surface area contributed by atoms with Gasteiger partial charge in [0.25, 0.3) is 0 Å². The Morgan fingerprint density at radius 2 is 2.25 bits per heavy atom. The van der Waals surface area contributed by atoms with Crippen molar-refractivity contribution >= 4 is 6.09 Å². The summed E-state index contributed by atoms with van der Waals surface area (Å²) in [6, 6.07) is 0. The number of nitrogens with one attached hydrogen (secondary N) is 1. The maximum Gasteiger partial charge on any atom is 0.407 e. The number of rotatable bonds is 0. The first kappa shape index (κ1) is 7.86. The monoisotopic (exact) mass is 171 g/mol. The fraction of sp³-hybridized carbons (Fsp3) is 0.875. The molecule has 1 N–H and O–H groups in total. The second-order valence-electron chi connectivity index (χ2n) is 3.45. The van der Waals surface area contributed by atoms with Crippen LogP contribution in [-0.2, 0) is 9.47 Å². The standard InChI is InChI=1S/C8H13NO3/c10-7-9-8(6-12-7)2-1-4-11-5-3-8/h1-6H2,(H,9,10). The van der Waals surface area contributed by atoms with E-state index in [1.807, 2.05) is 0 Å². The first-order valence-corrected chi connectivity index (χ1v) is 4.33. The van der Waals surface area contributed by atoms with E-state index in [0.29, 0.717) is 6.61 Å². The van der Waals surface area contributed by atoms with Crippen molar-refractivity contribution < 1.29 is 14.3 Å². The van der Waals surface area contributed by atoms with Gasteiger partial charge in [0.2, 0.25) is 0 Å². The molecular formula is C8H13NO3. The van der Waals surface area contributed by atoms with Crippen molar-refractivity contribution in [3.05, 3.63) is 0 Å². The minimum absolute atomic E-state index is 0.117. The highest BCUT2D eigenvalue weighted by molar-refractivity contribution is 5.70. The molecule has 2 saturated heterocycles. The van der Waals surface area contributed by atoms with Crippen LogP contribution < -0.4 is 5.32 Å². The molecule has 2 fully saturated rings. The fourth-order valence-corrected chi connectivity index (χ4v) is 1.77. The third-order valence-electron chi connectivity index (χ3n) is 2.52. The number of alkyl carbamates (subject to hydrolysis) is 1. The second kappa shape index (κ2) is 2.94. The van der Waals surface area contributed by atoms with Crippen LogP contribution in [0.4, 0.5) is 4.79 Å². The molecule has 2 heterocycles. The van der Waals surface area contributed by atoms with Crippen molar-refractivity contribution in [2.24, 2.45) is 0 Å². The average molecular weight is 171 g/mol. The summed E-state index contributed by atoms with van der Waals surface area (Å²) in [6.45, 7) is 2.04. The Bertz CT molecular complexity index is 185. The Hall–Kier alpha value is -0.770. The quantitative estimate of drug-likeness (QED) is 0.582. The van der Waals surface area contributed by atoms with Gasteiger partial charge >= 0.3 is 6.09 Å². The van der Waals surface area contributed by atoms with E-state index in [1.54, 1.807) is 0 Å². The summed E-state index contributed by atoms with van der Waals surface area (Å²) in [5.74, 6) is 0. The third kappa shape index (κ3) is 1.39. The van der Waals surface area contributed by atoms with E-state index in [9.17, 15) is 4.79 Å². The number of ether oxygens (including phenoxy) is 2. The molecule has 0 radical (unpaired) electrons. The minimum atomic E-state index is -0.281. The summed E-state index contributed by atoms with van der Waals surface area (Å²) < 4.78 is 10.2. The van der Waals surface area contributed by atoms with E-state index in [4.69, 9.17) is 9.47 Å². The number of carbonyl (C=O) groups is 1. The van der Waals surface area contributed by atoms with Gasteiger partial charge in [0, 0.05) is 13.2 Å². The van der Waals surface area contributed by atoms with E-state index >= 15 is 0 Å². The number of cyclic esters (lactones) is 1. The second-order valence-corrected chi connectivity index (χ2v) is 3.45. The van der Waals surface area contributed by atoms with Gasteiger partial charge in [0.05, 0.1) is 5.54 Å². The first-order valence-electron chi connectivity index (χ1n) is 4.33. The Balaban J connectivity index is 2.03. The maximum atomic E-state index is 10.9. The van der Waals surface area contributed by atoms with Crippen molar-refractivity contribution in [1.82, 2.24) is 5.32 Å². The molecule has 0 aromatic carbocycles. The summed E-state index contributed by atoms with van der Waals surface area (Å²) >= 11 is 0. The molecule has 0 saturated carbocycles. The molecule has 1 amide bonds. The van der Waals surface area contributed by atoms with Crippen LogP contribution in [0.1, 0.15) is 19.3 Å². The van der Waals surface area contributed by atoms with E-state index in [2.05, 4.69) is 5.32 Å². The van der Waals surface area contributed by atoms with Crippen LogP contribution in [0.2, 0.25) is 0 Å². The molecule has 2 aliphatic heterocycles. The first-order chi connectivity index (χ1) is 5.81. The lowest BCUT2D eigenvalue weighted by Crippen LogP contribution is -2.43. The van der Waals surface area contributed by atoms with Gasteiger partial charge in [0.15, 0.2) is 0 Å². The molecule has 68 valence electrons. The fourth-order valence-electron chi connectivity index (χ4n) is 1.77. The van der Waals surface area contributed by atoms with Gasteiger partial charge in [-0.05, 0) is 19.3 Å². The topological polar surface area (TPSA) is 47.6 Å². The summed E-state index contributed by atoms with van der Waals surface area (Å²) in [5, 5.41) is 2.87. The molecule has 1 spiro atoms. The van der Waals surface area contributed by atoms with Gasteiger partial charge in [-0.25, -0.2) is 4.79 Å². The smallest absolute Gasteiger partial charge is 0.407 e. The maximum absolute atomic E-state index is 10.9. The zero-order chi connectivity index (χ0) is 8.44. The van der Waals surface area contributed by atoms with Crippen molar-refractivity contribution in [2.75, 3.05) is 19.8 Å². The number of amides is 1. The van der Waals surface area contributed by atoms with Gasteiger partial charge in [-0.2, -0.15) is 0 Å². The van der Waals surface area contributed by atoms with Crippen molar-refractivity contribution in [3.63, 3.8) is 0 Å². The third-order valence-corrected chi connectivity index (χ3v) is 2.52. The van der Waals surface area contributed by atoms with Gasteiger partial charge in [-0.1, -0.05) is 0 Å². The SMILES string of the molecule is O=C1NC2(CCCOCC2)CO1. The van der Waals surface area contributed by atoms with E-state index in [1.165, 1.54) is 0 Å². The van der Waals surface area contributed by atoms with Crippen LogP contribution in [0.15, 0.2) is 0 Å². The summed E-state index contributed by atoms with van der Waals surface area (Å²) in [6.07, 6.45) is 2.57. The minimum Gasteiger partial charge on any atom is -0.447 e. The molecule has 1 atom stereocenters. The lowest BCUT2D eigenvalue weighted by atomic mass is 9.93. The Kier molecular flexibility index (Phi) is 1.92. The normalized spacial score (nSPS) is 35.8. The Morgan fingerprint density at radius 1 is 1.33 bits per heavy atom. The molecule has 1 unspecified atom stereocenters. The summed E-state index contributed by atoms with van der Waals surface area (Å²) in [7, 11) is 0. The van der Waals surface area contributed by atoms with Crippen LogP contribution in [0.25, 0.3) is 0 Å². The zero-order valence-electron chi connectivity index (χ0n) is 6.97. The van der Waals surface area contributed by atoms with Gasteiger partial charge < -0.3 is 14.8 Å². The lowest BCUT2D eigenvalue weighted by Gasteiger charge is -2.23. The summed E-state index contributed by atoms with van der Waals surface area (Å²) in [5.41, 5.74) is -0.117. The highest BCUT2D eigenvalue weighted by atomic mass is 16.6. The molecule has 0 bridgehead atoms. The molecule has 0 aromatic heterocycles. The molecule has 4 nitrogen and oxygen atoms in total. The lowest BCUT2D eigenvalue weighted by molar-refractivity contribution is 0.135. The van der Waals surface area contributed by atoms with Gasteiger partial charge in [-0.15, -0.1) is 0 Å². The largest absolute Gasteiger partial charge is 0.447 e. The number of carbonyl (C=O) groups excluding carboxylic acids is 1. The van der Waals surface area contributed by atoms with Crippen LogP contribution in [-0.4, -0.2) is 31.5 Å². The van der Waals surface area contributed by atoms with Crippen LogP contribution in [0, 0.1) is 0 Å². The zero-order valence-corrected chi connectivity index (χ0v) is 6.97. The Morgan fingerprint density at radius 3 is 3.00 bits per heavy atom. The van der Waals surface area contributed by atoms with Crippen molar-refractivity contribution in [1.29, 1.82) is 0 Å². The van der Waals surface area contributed by atoms with Crippen molar-refractivity contribution in [3.8, 4) is 0 Å². The molecular weight excluding hydrogens is 158 g/mol. The highest BCUT2D eigenvalue weighted by Gasteiger charge is 2.39. The van der Waals surface area contributed by atoms with Crippen LogP contribution in [0.3, 0.4) is 0 Å². The van der Waals surface area contributed by atoms with Crippen LogP contribution >= 0.6 is 0 Å². The van der Waals surface area contributed by atoms with E-state index in [-0.39, 0.29) is 11.6 Å². The predicted octanol–water partition coefficient (Wildman–Crippen LogP) is 0.665. The van der Waals surface area contributed by atoms with Crippen LogP contribution in [0.5, 0.6) is 0 Å². The number of hydrogen-bond donors (Lipinski definition) is 1. The van der Waals surface area contributed by atoms with Gasteiger partial charge in [0.1, 0.15) is 6.61 Å². The Labute approximate surface area is 71.2 Å². The average Bonchev–Trinajstić information content (AvgIpc) is 2.30. The molecule has 0 aliphatic carbocycles. The molecule has 2 aliphatic rings. The number of hydrogen-bond acceptors (Lipinski definition) is 3. The highest BCUT2D eigenvalue weighted by Crippen LogP contribution is 2.25. The predicted molar refractivity (Wildman–Crippen MR) is 41.9 cm³/mol. The summed E-state index contributed by atoms with van der Waals surface area (Å²) in [4.78, 5) is 10.9. The molecule has 0 aromatic rings.